The van der Waals surface area contributed by atoms with Crippen molar-refractivity contribution in [2.45, 2.75) is 44.8 Å². The fourth-order valence-electron chi connectivity index (χ4n) is 5.27. The summed E-state index contributed by atoms with van der Waals surface area (Å²) in [6.45, 7) is 2.84. The van der Waals surface area contributed by atoms with Crippen LogP contribution in [0.3, 0.4) is 0 Å². The third-order valence-electron chi connectivity index (χ3n) is 6.99. The van der Waals surface area contributed by atoms with E-state index in [0.29, 0.717) is 12.6 Å². The Labute approximate surface area is 187 Å². The Kier molecular flexibility index (Phi) is 4.58. The van der Waals surface area contributed by atoms with E-state index < -0.39 is 0 Å². The summed E-state index contributed by atoms with van der Waals surface area (Å²) in [7, 11) is 0. The molecule has 0 radical (unpaired) electrons. The lowest BCUT2D eigenvalue weighted by Crippen LogP contribution is -2.27. The lowest BCUT2D eigenvalue weighted by Gasteiger charge is -2.27. The smallest absolute Gasteiger partial charge is 0.251 e. The van der Waals surface area contributed by atoms with E-state index in [2.05, 4.69) is 70.0 Å². The van der Waals surface area contributed by atoms with E-state index in [0.717, 1.165) is 29.5 Å². The number of rotatable bonds is 4. The highest BCUT2D eigenvalue weighted by Gasteiger charge is 2.26. The molecule has 32 heavy (non-hydrogen) atoms. The number of amides is 1. The second-order valence-corrected chi connectivity index (χ2v) is 8.95. The average molecular weight is 423 g/mol. The molecule has 160 valence electrons. The van der Waals surface area contributed by atoms with Crippen LogP contribution in [0.1, 0.15) is 64.6 Å². The number of fused-ring (bicyclic) bond motifs is 4. The van der Waals surface area contributed by atoms with E-state index in [-0.39, 0.29) is 11.9 Å². The number of carbonyl (C=O) groups is 1. The standard InChI is InChI=1S/C27H26N4O/c1-16(17-9-11-28-12-10-17)30-25-4-2-3-22-23-14-19(6-8-24(23)31-26(22)25)18-5-7-21-20(13-18)15-29-27(21)32/h5-14,16,25,30-31H,2-4,15H2,1H3,(H,29,32)/t16-,25-/m1/s1. The van der Waals surface area contributed by atoms with Gasteiger partial charge in [0.25, 0.3) is 5.91 Å². The van der Waals surface area contributed by atoms with Gasteiger partial charge in [0.05, 0.1) is 0 Å². The number of H-pyrrole nitrogens is 1. The first-order chi connectivity index (χ1) is 15.7. The van der Waals surface area contributed by atoms with E-state index >= 15 is 0 Å². The molecule has 0 bridgehead atoms. The number of aromatic amines is 1. The van der Waals surface area contributed by atoms with Crippen molar-refractivity contribution in [1.29, 1.82) is 0 Å². The van der Waals surface area contributed by atoms with E-state index in [4.69, 9.17) is 0 Å². The molecule has 5 heteroatoms. The first-order valence-corrected chi connectivity index (χ1v) is 11.4. The fraction of sp³-hybridized carbons (Fsp3) is 0.259. The molecule has 6 rings (SSSR count). The van der Waals surface area contributed by atoms with Gasteiger partial charge in [0, 0.05) is 53.2 Å². The Morgan fingerprint density at radius 3 is 2.75 bits per heavy atom. The number of carbonyl (C=O) groups excluding carboxylic acids is 1. The molecule has 1 aliphatic heterocycles. The van der Waals surface area contributed by atoms with Crippen LogP contribution < -0.4 is 10.6 Å². The predicted molar refractivity (Wildman–Crippen MR) is 126 cm³/mol. The van der Waals surface area contributed by atoms with Gasteiger partial charge in [0.1, 0.15) is 0 Å². The molecule has 3 heterocycles. The summed E-state index contributed by atoms with van der Waals surface area (Å²) < 4.78 is 0. The Balaban J connectivity index is 1.34. The number of hydrogen-bond acceptors (Lipinski definition) is 3. The SMILES string of the molecule is C[C@@H](N[C@@H]1CCCc2c1[nH]c1ccc(-c3ccc4c(c3)CNC4=O)cc21)c1ccncc1. The quantitative estimate of drug-likeness (QED) is 0.423. The number of pyridine rings is 1. The molecule has 0 fully saturated rings. The molecule has 4 aromatic rings. The molecule has 1 amide bonds. The number of aryl methyl sites for hydroxylation is 1. The lowest BCUT2D eigenvalue weighted by molar-refractivity contribution is 0.0966. The molecule has 2 aliphatic rings. The molecular weight excluding hydrogens is 396 g/mol. The van der Waals surface area contributed by atoms with Crippen LogP contribution in [-0.4, -0.2) is 15.9 Å². The zero-order chi connectivity index (χ0) is 21.7. The molecule has 1 aliphatic carbocycles. The Morgan fingerprint density at radius 2 is 1.88 bits per heavy atom. The molecule has 0 saturated heterocycles. The average Bonchev–Trinajstić information content (AvgIpc) is 3.40. The zero-order valence-corrected chi connectivity index (χ0v) is 18.1. The van der Waals surface area contributed by atoms with Gasteiger partial charge in [-0.05, 0) is 90.4 Å². The van der Waals surface area contributed by atoms with Crippen LogP contribution in [-0.2, 0) is 13.0 Å². The molecule has 0 saturated carbocycles. The van der Waals surface area contributed by atoms with Gasteiger partial charge in [-0.2, -0.15) is 0 Å². The number of hydrogen-bond donors (Lipinski definition) is 3. The molecule has 2 atom stereocenters. The summed E-state index contributed by atoms with van der Waals surface area (Å²) >= 11 is 0. The maximum atomic E-state index is 11.9. The van der Waals surface area contributed by atoms with Crippen molar-refractivity contribution in [3.05, 3.63) is 88.9 Å². The van der Waals surface area contributed by atoms with E-state index in [9.17, 15) is 4.79 Å². The maximum Gasteiger partial charge on any atom is 0.251 e. The molecular formula is C27H26N4O. The minimum absolute atomic E-state index is 0.0289. The van der Waals surface area contributed by atoms with Crippen LogP contribution in [0, 0.1) is 0 Å². The van der Waals surface area contributed by atoms with Crippen LogP contribution in [0.4, 0.5) is 0 Å². The summed E-state index contributed by atoms with van der Waals surface area (Å²) in [4.78, 5) is 19.7. The number of nitrogens with zero attached hydrogens (tertiary/aromatic N) is 1. The molecule has 0 unspecified atom stereocenters. The zero-order valence-electron chi connectivity index (χ0n) is 18.1. The van der Waals surface area contributed by atoms with Gasteiger partial charge in [-0.3, -0.25) is 9.78 Å². The molecule has 5 nitrogen and oxygen atoms in total. The van der Waals surface area contributed by atoms with E-state index in [1.165, 1.54) is 39.7 Å². The number of nitrogens with one attached hydrogen (secondary N) is 3. The van der Waals surface area contributed by atoms with Crippen LogP contribution in [0.15, 0.2) is 60.9 Å². The number of aromatic nitrogens is 2. The fourth-order valence-corrected chi connectivity index (χ4v) is 5.27. The molecule has 2 aromatic carbocycles. The van der Waals surface area contributed by atoms with Crippen molar-refractivity contribution in [3.63, 3.8) is 0 Å². The topological polar surface area (TPSA) is 69.8 Å². The Hall–Kier alpha value is -3.44. The Morgan fingerprint density at radius 1 is 1.06 bits per heavy atom. The lowest BCUT2D eigenvalue weighted by atomic mass is 9.90. The third-order valence-corrected chi connectivity index (χ3v) is 6.99. The van der Waals surface area contributed by atoms with Crippen molar-refractivity contribution in [2.24, 2.45) is 0 Å². The van der Waals surface area contributed by atoms with Gasteiger partial charge >= 0.3 is 0 Å². The molecule has 3 N–H and O–H groups in total. The van der Waals surface area contributed by atoms with Crippen molar-refractivity contribution >= 4 is 16.8 Å². The van der Waals surface area contributed by atoms with Crippen molar-refractivity contribution in [1.82, 2.24) is 20.6 Å². The van der Waals surface area contributed by atoms with Gasteiger partial charge in [0.15, 0.2) is 0 Å². The first kappa shape index (κ1) is 19.3. The van der Waals surface area contributed by atoms with Crippen molar-refractivity contribution < 1.29 is 4.79 Å². The van der Waals surface area contributed by atoms with Crippen LogP contribution in [0.2, 0.25) is 0 Å². The summed E-state index contributed by atoms with van der Waals surface area (Å²) in [5.74, 6) is 0.0289. The highest BCUT2D eigenvalue weighted by atomic mass is 16.1. The first-order valence-electron chi connectivity index (χ1n) is 11.4. The second-order valence-electron chi connectivity index (χ2n) is 8.95. The van der Waals surface area contributed by atoms with Gasteiger partial charge in [-0.15, -0.1) is 0 Å². The van der Waals surface area contributed by atoms with Gasteiger partial charge in [-0.25, -0.2) is 0 Å². The number of benzene rings is 2. The minimum Gasteiger partial charge on any atom is -0.357 e. The highest BCUT2D eigenvalue weighted by Crippen LogP contribution is 2.38. The van der Waals surface area contributed by atoms with E-state index in [1.54, 1.807) is 0 Å². The van der Waals surface area contributed by atoms with E-state index in [1.807, 2.05) is 18.5 Å². The van der Waals surface area contributed by atoms with Crippen LogP contribution in [0.25, 0.3) is 22.0 Å². The van der Waals surface area contributed by atoms with Gasteiger partial charge in [-0.1, -0.05) is 12.1 Å². The largest absolute Gasteiger partial charge is 0.357 e. The predicted octanol–water partition coefficient (Wildman–Crippen LogP) is 5.20. The summed E-state index contributed by atoms with van der Waals surface area (Å²) in [6, 6.07) is 17.6. The van der Waals surface area contributed by atoms with Crippen LogP contribution >= 0.6 is 0 Å². The molecule has 2 aromatic heterocycles. The third kappa shape index (κ3) is 3.21. The Bertz CT molecular complexity index is 1320. The van der Waals surface area contributed by atoms with Crippen molar-refractivity contribution in [2.75, 3.05) is 0 Å². The summed E-state index contributed by atoms with van der Waals surface area (Å²) in [5.41, 5.74) is 9.45. The van der Waals surface area contributed by atoms with Crippen LogP contribution in [0.5, 0.6) is 0 Å². The molecule has 0 spiro atoms. The minimum atomic E-state index is 0.0289. The summed E-state index contributed by atoms with van der Waals surface area (Å²) in [6.07, 6.45) is 7.12. The maximum absolute atomic E-state index is 11.9. The van der Waals surface area contributed by atoms with Gasteiger partial charge < -0.3 is 15.6 Å². The summed E-state index contributed by atoms with van der Waals surface area (Å²) in [5, 5.41) is 8.06. The normalized spacial score (nSPS) is 18.3. The highest BCUT2D eigenvalue weighted by molar-refractivity contribution is 5.99. The van der Waals surface area contributed by atoms with Gasteiger partial charge in [0.2, 0.25) is 0 Å². The second kappa shape index (κ2) is 7.61. The monoisotopic (exact) mass is 422 g/mol. The van der Waals surface area contributed by atoms with Crippen molar-refractivity contribution in [3.8, 4) is 11.1 Å².